The highest BCUT2D eigenvalue weighted by Crippen LogP contribution is 2.15. The summed E-state index contributed by atoms with van der Waals surface area (Å²) in [7, 11) is 1.72. The van der Waals surface area contributed by atoms with E-state index in [4.69, 9.17) is 0 Å². The SMILES string of the molecule is Cn1ccc(C(=O)C=Cc2ccc(OC(F)F)cc2)n1. The largest absolute Gasteiger partial charge is 0.435 e. The lowest BCUT2D eigenvalue weighted by Crippen LogP contribution is -2.01. The average molecular weight is 278 g/mol. The van der Waals surface area contributed by atoms with Crippen molar-refractivity contribution < 1.29 is 18.3 Å². The van der Waals surface area contributed by atoms with Gasteiger partial charge in [-0.2, -0.15) is 13.9 Å². The van der Waals surface area contributed by atoms with Crippen molar-refractivity contribution in [3.63, 3.8) is 0 Å². The Labute approximate surface area is 114 Å². The molecule has 0 saturated carbocycles. The molecule has 1 aromatic carbocycles. The zero-order chi connectivity index (χ0) is 14.5. The Morgan fingerprint density at radius 3 is 2.55 bits per heavy atom. The molecule has 6 heteroatoms. The van der Waals surface area contributed by atoms with Gasteiger partial charge in [0.2, 0.25) is 5.78 Å². The standard InChI is InChI=1S/C14H12F2N2O2/c1-18-9-8-12(17-18)13(19)7-4-10-2-5-11(6-3-10)20-14(15)16/h2-9,14H,1H3. The molecule has 0 N–H and O–H groups in total. The third-order valence-electron chi connectivity index (χ3n) is 2.50. The summed E-state index contributed by atoms with van der Waals surface area (Å²) in [5, 5.41) is 3.98. The fourth-order valence-corrected chi connectivity index (χ4v) is 1.56. The molecule has 104 valence electrons. The number of halogens is 2. The third-order valence-corrected chi connectivity index (χ3v) is 2.50. The van der Waals surface area contributed by atoms with Crippen LogP contribution >= 0.6 is 0 Å². The summed E-state index contributed by atoms with van der Waals surface area (Å²) in [5.41, 5.74) is 1.05. The summed E-state index contributed by atoms with van der Waals surface area (Å²) in [6.07, 6.45) is 4.64. The molecule has 0 bridgehead atoms. The van der Waals surface area contributed by atoms with Gasteiger partial charge < -0.3 is 4.74 Å². The van der Waals surface area contributed by atoms with Gasteiger partial charge in [0.1, 0.15) is 11.4 Å². The molecule has 2 aromatic rings. The number of ketones is 1. The minimum atomic E-state index is -2.85. The van der Waals surface area contributed by atoms with Gasteiger partial charge in [-0.05, 0) is 29.8 Å². The Hall–Kier alpha value is -2.50. The fraction of sp³-hybridized carbons (Fsp3) is 0.143. The number of nitrogens with zero attached hydrogens (tertiary/aromatic N) is 2. The van der Waals surface area contributed by atoms with Crippen molar-refractivity contribution in [2.24, 2.45) is 7.05 Å². The first-order chi connectivity index (χ1) is 9.54. The Morgan fingerprint density at radius 2 is 2.00 bits per heavy atom. The molecular weight excluding hydrogens is 266 g/mol. The van der Waals surface area contributed by atoms with E-state index in [0.717, 1.165) is 0 Å². The summed E-state index contributed by atoms with van der Waals surface area (Å²) < 4.78 is 29.7. The van der Waals surface area contributed by atoms with Gasteiger partial charge in [0, 0.05) is 13.2 Å². The van der Waals surface area contributed by atoms with Gasteiger partial charge in [-0.15, -0.1) is 0 Å². The molecule has 0 amide bonds. The van der Waals surface area contributed by atoms with Crippen molar-refractivity contribution in [2.45, 2.75) is 6.61 Å². The molecule has 4 nitrogen and oxygen atoms in total. The second kappa shape index (κ2) is 6.10. The van der Waals surface area contributed by atoms with Gasteiger partial charge >= 0.3 is 6.61 Å². The number of alkyl halides is 2. The van der Waals surface area contributed by atoms with Crippen LogP contribution in [0.4, 0.5) is 8.78 Å². The van der Waals surface area contributed by atoms with Crippen LogP contribution in [0.3, 0.4) is 0 Å². The molecule has 0 radical (unpaired) electrons. The van der Waals surface area contributed by atoms with Crippen molar-refractivity contribution in [3.05, 3.63) is 53.9 Å². The zero-order valence-corrected chi connectivity index (χ0v) is 10.7. The van der Waals surface area contributed by atoms with Crippen LogP contribution in [0.15, 0.2) is 42.6 Å². The van der Waals surface area contributed by atoms with Crippen molar-refractivity contribution in [1.82, 2.24) is 9.78 Å². The van der Waals surface area contributed by atoms with E-state index < -0.39 is 6.61 Å². The van der Waals surface area contributed by atoms with Crippen LogP contribution in [0.1, 0.15) is 16.1 Å². The van der Waals surface area contributed by atoms with Crippen LogP contribution in [0.25, 0.3) is 6.08 Å². The van der Waals surface area contributed by atoms with Crippen LogP contribution in [0.2, 0.25) is 0 Å². The van der Waals surface area contributed by atoms with Crippen molar-refractivity contribution in [2.75, 3.05) is 0 Å². The maximum atomic E-state index is 12.0. The summed E-state index contributed by atoms with van der Waals surface area (Å²) in [6.45, 7) is -2.85. The number of rotatable bonds is 5. The van der Waals surface area contributed by atoms with Gasteiger partial charge in [0.25, 0.3) is 0 Å². The van der Waals surface area contributed by atoms with E-state index in [-0.39, 0.29) is 11.5 Å². The predicted octanol–water partition coefficient (Wildman–Crippen LogP) is 2.92. The second-order valence-electron chi connectivity index (χ2n) is 4.02. The monoisotopic (exact) mass is 278 g/mol. The van der Waals surface area contributed by atoms with Crippen LogP contribution in [-0.4, -0.2) is 22.2 Å². The number of carbonyl (C=O) groups is 1. The van der Waals surface area contributed by atoms with Crippen LogP contribution in [0, 0.1) is 0 Å². The van der Waals surface area contributed by atoms with Gasteiger partial charge in [-0.25, -0.2) is 0 Å². The summed E-state index contributed by atoms with van der Waals surface area (Å²) in [5.74, 6) is -0.147. The molecule has 1 aromatic heterocycles. The first-order valence-corrected chi connectivity index (χ1v) is 5.81. The quantitative estimate of drug-likeness (QED) is 0.624. The van der Waals surface area contributed by atoms with Gasteiger partial charge in [-0.3, -0.25) is 9.48 Å². The van der Waals surface area contributed by atoms with E-state index in [0.29, 0.717) is 11.3 Å². The van der Waals surface area contributed by atoms with E-state index in [1.807, 2.05) is 0 Å². The number of carbonyl (C=O) groups excluding carboxylic acids is 1. The minimum Gasteiger partial charge on any atom is -0.435 e. The maximum Gasteiger partial charge on any atom is 0.387 e. The van der Waals surface area contributed by atoms with E-state index in [1.165, 1.54) is 22.9 Å². The highest BCUT2D eigenvalue weighted by molar-refractivity contribution is 6.05. The Morgan fingerprint density at radius 1 is 1.30 bits per heavy atom. The normalized spacial score (nSPS) is 11.2. The molecule has 0 saturated heterocycles. The smallest absolute Gasteiger partial charge is 0.387 e. The molecule has 0 fully saturated rings. The molecule has 20 heavy (non-hydrogen) atoms. The fourth-order valence-electron chi connectivity index (χ4n) is 1.56. The molecule has 0 unspecified atom stereocenters. The zero-order valence-electron chi connectivity index (χ0n) is 10.7. The van der Waals surface area contributed by atoms with E-state index >= 15 is 0 Å². The van der Waals surface area contributed by atoms with E-state index in [2.05, 4.69) is 9.84 Å². The van der Waals surface area contributed by atoms with Crippen LogP contribution in [0.5, 0.6) is 5.75 Å². The topological polar surface area (TPSA) is 44.1 Å². The molecular formula is C14H12F2N2O2. The Kier molecular flexibility index (Phi) is 4.24. The molecule has 0 atom stereocenters. The lowest BCUT2D eigenvalue weighted by atomic mass is 10.1. The van der Waals surface area contributed by atoms with Crippen LogP contribution < -0.4 is 4.74 Å². The number of ether oxygens (including phenoxy) is 1. The first-order valence-electron chi connectivity index (χ1n) is 5.81. The summed E-state index contributed by atoms with van der Waals surface area (Å²) in [4.78, 5) is 11.8. The first kappa shape index (κ1) is 13.9. The predicted molar refractivity (Wildman–Crippen MR) is 69.6 cm³/mol. The lowest BCUT2D eigenvalue weighted by Gasteiger charge is -2.03. The highest BCUT2D eigenvalue weighted by atomic mass is 19.3. The second-order valence-corrected chi connectivity index (χ2v) is 4.02. The molecule has 2 rings (SSSR count). The van der Waals surface area contributed by atoms with Gasteiger partial charge in [-0.1, -0.05) is 18.2 Å². The van der Waals surface area contributed by atoms with E-state index in [1.54, 1.807) is 37.5 Å². The molecule has 0 spiro atoms. The number of allylic oxidation sites excluding steroid dienone is 1. The van der Waals surface area contributed by atoms with Crippen molar-refractivity contribution >= 4 is 11.9 Å². The molecule has 0 aliphatic heterocycles. The number of aryl methyl sites for hydroxylation is 1. The number of benzene rings is 1. The Balaban J connectivity index is 2.02. The maximum absolute atomic E-state index is 12.0. The van der Waals surface area contributed by atoms with E-state index in [9.17, 15) is 13.6 Å². The van der Waals surface area contributed by atoms with Crippen molar-refractivity contribution in [1.29, 1.82) is 0 Å². The van der Waals surface area contributed by atoms with Gasteiger partial charge in [0.15, 0.2) is 0 Å². The highest BCUT2D eigenvalue weighted by Gasteiger charge is 2.05. The molecule has 0 aliphatic rings. The molecule has 0 aliphatic carbocycles. The summed E-state index contributed by atoms with van der Waals surface area (Å²) in [6, 6.07) is 7.61. The lowest BCUT2D eigenvalue weighted by molar-refractivity contribution is -0.0498. The number of hydrogen-bond acceptors (Lipinski definition) is 3. The number of hydrogen-bond donors (Lipinski definition) is 0. The van der Waals surface area contributed by atoms with Crippen LogP contribution in [-0.2, 0) is 7.05 Å². The van der Waals surface area contributed by atoms with Crippen molar-refractivity contribution in [3.8, 4) is 5.75 Å². The number of aromatic nitrogens is 2. The average Bonchev–Trinajstić information content (AvgIpc) is 2.84. The molecule has 1 heterocycles. The minimum absolute atomic E-state index is 0.0770. The van der Waals surface area contributed by atoms with Gasteiger partial charge in [0.05, 0.1) is 0 Å². The third kappa shape index (κ3) is 3.74. The Bertz CT molecular complexity index is 618. The summed E-state index contributed by atoms with van der Waals surface area (Å²) >= 11 is 0.